The molecule has 12 heteroatoms. The number of nitrogen functional groups attached to an aromatic ring is 1. The normalized spacial score (nSPS) is 34.4. The molecule has 10 nitrogen and oxygen atoms in total. The number of anilines is 1. The van der Waals surface area contributed by atoms with Gasteiger partial charge < -0.3 is 30.3 Å². The number of imidazole rings is 1. The van der Waals surface area contributed by atoms with Gasteiger partial charge in [-0.25, -0.2) is 4.98 Å². The highest BCUT2D eigenvalue weighted by Crippen LogP contribution is 2.70. The zero-order chi connectivity index (χ0) is 18.1. The van der Waals surface area contributed by atoms with E-state index in [2.05, 4.69) is 15.0 Å². The van der Waals surface area contributed by atoms with E-state index in [1.54, 1.807) is 4.57 Å². The summed E-state index contributed by atoms with van der Waals surface area (Å²) in [5.41, 5.74) is 5.78. The zero-order valence-electron chi connectivity index (χ0n) is 12.9. The highest BCUT2D eigenvalue weighted by Gasteiger charge is 2.71. The quantitative estimate of drug-likeness (QED) is 0.354. The second-order valence-corrected chi connectivity index (χ2v) is 8.92. The summed E-state index contributed by atoms with van der Waals surface area (Å²) in [6.45, 7) is 0. The monoisotopic (exact) mass is 389 g/mol. The molecule has 25 heavy (non-hydrogen) atoms. The lowest BCUT2D eigenvalue weighted by molar-refractivity contribution is -0.0183. The summed E-state index contributed by atoms with van der Waals surface area (Å²) in [6, 6.07) is -0.526. The van der Waals surface area contributed by atoms with Crippen LogP contribution in [0.15, 0.2) is 6.33 Å². The lowest BCUT2D eigenvalue weighted by atomic mass is 9.96. The number of aliphatic hydroxyl groups is 2. The molecule has 5 atom stereocenters. The predicted octanol–water partition coefficient (Wildman–Crippen LogP) is -0.0875. The standard InChI is InChI=1S/C13H17ClN5O5P/c14-12-17-10(15)6-11(18-12)19(4-16-6)7-5-3-13(5,9(21)8(7)20)1-2-25(22,23)24/h4-5,7-9,20-21H,1-3H2,(H2,15,17,18)(H2,22,23,24)/t5-,7-,8+,9+,13+/m1/s1. The van der Waals surface area contributed by atoms with E-state index in [1.165, 1.54) is 6.33 Å². The molecule has 0 spiro atoms. The Balaban J connectivity index is 1.70. The number of nitrogens with zero attached hydrogens (tertiary/aromatic N) is 4. The van der Waals surface area contributed by atoms with Gasteiger partial charge in [0.2, 0.25) is 5.28 Å². The Kier molecular flexibility index (Phi) is 3.67. The van der Waals surface area contributed by atoms with Gasteiger partial charge in [0.25, 0.3) is 0 Å². The van der Waals surface area contributed by atoms with Crippen molar-refractivity contribution >= 4 is 36.2 Å². The maximum absolute atomic E-state index is 11.2. The first-order valence-corrected chi connectivity index (χ1v) is 9.88. The first-order valence-electron chi connectivity index (χ1n) is 7.70. The van der Waals surface area contributed by atoms with E-state index < -0.39 is 31.3 Å². The van der Waals surface area contributed by atoms with Crippen LogP contribution in [-0.2, 0) is 4.57 Å². The summed E-state index contributed by atoms with van der Waals surface area (Å²) in [4.78, 5) is 30.4. The van der Waals surface area contributed by atoms with E-state index in [0.717, 1.165) is 0 Å². The van der Waals surface area contributed by atoms with Crippen molar-refractivity contribution in [3.8, 4) is 0 Å². The number of halogens is 1. The molecule has 136 valence electrons. The van der Waals surface area contributed by atoms with Gasteiger partial charge in [0.1, 0.15) is 11.6 Å². The van der Waals surface area contributed by atoms with Crippen LogP contribution in [0, 0.1) is 11.3 Å². The van der Waals surface area contributed by atoms with E-state index in [0.29, 0.717) is 17.6 Å². The molecule has 2 aliphatic carbocycles. The number of hydrogen-bond donors (Lipinski definition) is 5. The first kappa shape index (κ1) is 17.1. The van der Waals surface area contributed by atoms with Crippen LogP contribution in [0.3, 0.4) is 0 Å². The molecule has 0 aromatic carbocycles. The summed E-state index contributed by atoms with van der Waals surface area (Å²) < 4.78 is 12.8. The molecular weight excluding hydrogens is 373 g/mol. The largest absolute Gasteiger partial charge is 0.390 e. The summed E-state index contributed by atoms with van der Waals surface area (Å²) in [6.07, 6.45) is -0.357. The van der Waals surface area contributed by atoms with E-state index >= 15 is 0 Å². The average molecular weight is 390 g/mol. The van der Waals surface area contributed by atoms with Crippen LogP contribution in [-0.4, -0.2) is 57.9 Å². The van der Waals surface area contributed by atoms with Crippen LogP contribution in [0.1, 0.15) is 18.9 Å². The Labute approximate surface area is 146 Å². The Bertz CT molecular complexity index is 902. The van der Waals surface area contributed by atoms with Gasteiger partial charge in [-0.3, -0.25) is 4.57 Å². The lowest BCUT2D eigenvalue weighted by Gasteiger charge is -2.24. The van der Waals surface area contributed by atoms with Crippen LogP contribution in [0.4, 0.5) is 5.82 Å². The Morgan fingerprint density at radius 1 is 1.40 bits per heavy atom. The second kappa shape index (κ2) is 5.35. The number of aromatic nitrogens is 4. The van der Waals surface area contributed by atoms with Crippen LogP contribution >= 0.6 is 19.2 Å². The third kappa shape index (κ3) is 2.56. The SMILES string of the molecule is Nc1nc(Cl)nc2c1ncn2[C@H]1[C@H](O)[C@H](O)[C@@]2(CCP(=O)(O)O)C[C@H]12. The van der Waals surface area contributed by atoms with E-state index in [4.69, 9.17) is 27.1 Å². The Hall–Kier alpha value is -1.29. The topological polar surface area (TPSA) is 168 Å². The molecule has 2 aliphatic rings. The fourth-order valence-electron chi connectivity index (χ4n) is 4.19. The highest BCUT2D eigenvalue weighted by molar-refractivity contribution is 7.51. The summed E-state index contributed by atoms with van der Waals surface area (Å²) in [7, 11) is -4.18. The zero-order valence-corrected chi connectivity index (χ0v) is 14.5. The van der Waals surface area contributed by atoms with Crippen molar-refractivity contribution in [2.45, 2.75) is 31.1 Å². The van der Waals surface area contributed by atoms with E-state index in [9.17, 15) is 14.8 Å². The molecule has 0 saturated heterocycles. The second-order valence-electron chi connectivity index (χ2n) is 6.81. The number of aliphatic hydroxyl groups excluding tert-OH is 2. The molecule has 0 unspecified atom stereocenters. The molecular formula is C13H17ClN5O5P. The molecule has 2 aromatic heterocycles. The third-order valence-corrected chi connectivity index (χ3v) is 6.44. The molecule has 2 aromatic rings. The minimum absolute atomic E-state index is 0.0525. The fourth-order valence-corrected chi connectivity index (χ4v) is 5.07. The van der Waals surface area contributed by atoms with E-state index in [-0.39, 0.29) is 29.6 Å². The van der Waals surface area contributed by atoms with Gasteiger partial charge in [-0.1, -0.05) is 0 Å². The predicted molar refractivity (Wildman–Crippen MR) is 87.9 cm³/mol. The Morgan fingerprint density at radius 3 is 2.80 bits per heavy atom. The molecule has 0 radical (unpaired) electrons. The first-order chi connectivity index (χ1) is 11.6. The molecule has 6 N–H and O–H groups in total. The number of rotatable bonds is 4. The maximum atomic E-state index is 11.2. The Morgan fingerprint density at radius 2 is 2.12 bits per heavy atom. The molecule has 2 heterocycles. The van der Waals surface area contributed by atoms with Crippen LogP contribution in [0.25, 0.3) is 11.2 Å². The smallest absolute Gasteiger partial charge is 0.325 e. The van der Waals surface area contributed by atoms with Gasteiger partial charge in [0.05, 0.1) is 24.6 Å². The molecule has 0 aliphatic heterocycles. The van der Waals surface area contributed by atoms with Gasteiger partial charge in [-0.2, -0.15) is 9.97 Å². The number of hydrogen-bond acceptors (Lipinski definition) is 7. The number of fused-ring (bicyclic) bond motifs is 2. The van der Waals surface area contributed by atoms with Crippen molar-refractivity contribution in [3.05, 3.63) is 11.6 Å². The fraction of sp³-hybridized carbons (Fsp3) is 0.615. The van der Waals surface area contributed by atoms with Gasteiger partial charge in [-0.05, 0) is 30.4 Å². The van der Waals surface area contributed by atoms with Gasteiger partial charge in [0.15, 0.2) is 11.5 Å². The molecule has 0 bridgehead atoms. The summed E-state index contributed by atoms with van der Waals surface area (Å²) in [5, 5.41) is 21.0. The average Bonchev–Trinajstić information content (AvgIpc) is 3.01. The summed E-state index contributed by atoms with van der Waals surface area (Å²) >= 11 is 5.86. The van der Waals surface area contributed by atoms with Crippen LogP contribution in [0.2, 0.25) is 5.28 Å². The van der Waals surface area contributed by atoms with E-state index in [1.807, 2.05) is 0 Å². The maximum Gasteiger partial charge on any atom is 0.325 e. The highest BCUT2D eigenvalue weighted by atomic mass is 35.5. The minimum atomic E-state index is -4.18. The molecule has 0 amide bonds. The lowest BCUT2D eigenvalue weighted by Crippen LogP contribution is -2.34. The molecule has 2 saturated carbocycles. The third-order valence-electron chi connectivity index (χ3n) is 5.46. The molecule has 4 rings (SSSR count). The van der Waals surface area contributed by atoms with Crippen molar-refractivity contribution in [3.63, 3.8) is 0 Å². The van der Waals surface area contributed by atoms with Gasteiger partial charge >= 0.3 is 7.60 Å². The van der Waals surface area contributed by atoms with Gasteiger partial charge in [0, 0.05) is 5.41 Å². The van der Waals surface area contributed by atoms with Crippen molar-refractivity contribution < 1.29 is 24.6 Å². The van der Waals surface area contributed by atoms with Crippen molar-refractivity contribution in [1.82, 2.24) is 19.5 Å². The minimum Gasteiger partial charge on any atom is -0.390 e. The van der Waals surface area contributed by atoms with Crippen LogP contribution in [0.5, 0.6) is 0 Å². The van der Waals surface area contributed by atoms with Crippen LogP contribution < -0.4 is 5.73 Å². The molecule has 2 fully saturated rings. The van der Waals surface area contributed by atoms with Crippen molar-refractivity contribution in [2.24, 2.45) is 11.3 Å². The van der Waals surface area contributed by atoms with Gasteiger partial charge in [-0.15, -0.1) is 0 Å². The van der Waals surface area contributed by atoms with Crippen molar-refractivity contribution in [1.29, 1.82) is 0 Å². The number of nitrogens with two attached hydrogens (primary N) is 1. The van der Waals surface area contributed by atoms with Crippen molar-refractivity contribution in [2.75, 3.05) is 11.9 Å². The summed E-state index contributed by atoms with van der Waals surface area (Å²) in [5.74, 6) is -0.0261.